The van der Waals surface area contributed by atoms with Crippen molar-refractivity contribution < 1.29 is 4.79 Å². The molecule has 3 aromatic rings. The van der Waals surface area contributed by atoms with Gasteiger partial charge in [0.15, 0.2) is 0 Å². The van der Waals surface area contributed by atoms with E-state index in [-0.39, 0.29) is 18.5 Å². The van der Waals surface area contributed by atoms with E-state index >= 15 is 0 Å². The number of benzene rings is 3. The molecule has 0 saturated carbocycles. The largest absolute Gasteiger partial charge is 0.376 e. The van der Waals surface area contributed by atoms with Crippen LogP contribution in [0.4, 0.5) is 5.69 Å². The zero-order valence-corrected chi connectivity index (χ0v) is 13.8. The van der Waals surface area contributed by atoms with E-state index in [9.17, 15) is 4.79 Å². The van der Waals surface area contributed by atoms with Crippen molar-refractivity contribution in [2.75, 3.05) is 11.9 Å². The van der Waals surface area contributed by atoms with Crippen LogP contribution in [-0.2, 0) is 4.79 Å². The van der Waals surface area contributed by atoms with Gasteiger partial charge in [0.25, 0.3) is 0 Å². The third-order valence-electron chi connectivity index (χ3n) is 4.15. The zero-order valence-electron chi connectivity index (χ0n) is 13.8. The van der Waals surface area contributed by atoms with Gasteiger partial charge in [-0.3, -0.25) is 4.79 Å². The van der Waals surface area contributed by atoms with Crippen molar-refractivity contribution in [2.45, 2.75) is 19.4 Å². The number of hydrogen-bond acceptors (Lipinski definition) is 2. The minimum Gasteiger partial charge on any atom is -0.376 e. The number of rotatable bonds is 6. The van der Waals surface area contributed by atoms with Crippen molar-refractivity contribution in [1.29, 1.82) is 0 Å². The first-order chi connectivity index (χ1) is 11.8. The van der Waals surface area contributed by atoms with Crippen LogP contribution in [0.15, 0.2) is 72.8 Å². The lowest BCUT2D eigenvalue weighted by atomic mass is 10.0. The summed E-state index contributed by atoms with van der Waals surface area (Å²) >= 11 is 0. The van der Waals surface area contributed by atoms with Crippen molar-refractivity contribution in [3.05, 3.63) is 78.4 Å². The predicted octanol–water partition coefficient (Wildman–Crippen LogP) is 4.52. The third-order valence-corrected chi connectivity index (χ3v) is 4.15. The Bertz CT molecular complexity index is 814. The van der Waals surface area contributed by atoms with Gasteiger partial charge >= 0.3 is 0 Å². The topological polar surface area (TPSA) is 41.1 Å². The zero-order chi connectivity index (χ0) is 16.8. The summed E-state index contributed by atoms with van der Waals surface area (Å²) in [5.74, 6) is -0.00105. The molecule has 0 fully saturated rings. The van der Waals surface area contributed by atoms with Gasteiger partial charge in [-0.05, 0) is 34.9 Å². The van der Waals surface area contributed by atoms with Crippen LogP contribution in [-0.4, -0.2) is 12.5 Å². The van der Waals surface area contributed by atoms with Crippen LogP contribution in [0.1, 0.15) is 24.9 Å². The molecule has 1 amide bonds. The van der Waals surface area contributed by atoms with Crippen LogP contribution in [0.5, 0.6) is 0 Å². The summed E-state index contributed by atoms with van der Waals surface area (Å²) in [6, 6.07) is 24.5. The highest BCUT2D eigenvalue weighted by Gasteiger charge is 2.12. The quantitative estimate of drug-likeness (QED) is 0.701. The molecule has 0 heterocycles. The number of fused-ring (bicyclic) bond motifs is 1. The van der Waals surface area contributed by atoms with Crippen molar-refractivity contribution in [2.24, 2.45) is 0 Å². The highest BCUT2D eigenvalue weighted by Crippen LogP contribution is 2.19. The second-order valence-electron chi connectivity index (χ2n) is 5.85. The van der Waals surface area contributed by atoms with Gasteiger partial charge in [0, 0.05) is 5.69 Å². The summed E-state index contributed by atoms with van der Waals surface area (Å²) in [5, 5.41) is 8.66. The van der Waals surface area contributed by atoms with Crippen LogP contribution >= 0.6 is 0 Å². The molecular formula is C21H22N2O. The van der Waals surface area contributed by atoms with Gasteiger partial charge < -0.3 is 10.6 Å². The molecule has 1 atom stereocenters. The minimum atomic E-state index is -0.00105. The van der Waals surface area contributed by atoms with Gasteiger partial charge in [0.2, 0.25) is 5.91 Å². The Morgan fingerprint density at radius 3 is 2.38 bits per heavy atom. The van der Waals surface area contributed by atoms with Crippen LogP contribution in [0.25, 0.3) is 10.8 Å². The summed E-state index contributed by atoms with van der Waals surface area (Å²) in [6.45, 7) is 2.34. The molecule has 0 saturated heterocycles. The van der Waals surface area contributed by atoms with Crippen LogP contribution in [0.2, 0.25) is 0 Å². The minimum absolute atomic E-state index is 0.00105. The molecule has 0 radical (unpaired) electrons. The molecule has 2 N–H and O–H groups in total. The fraction of sp³-hybridized carbons (Fsp3) is 0.190. The first kappa shape index (κ1) is 16.1. The fourth-order valence-electron chi connectivity index (χ4n) is 2.83. The molecule has 0 spiro atoms. The lowest BCUT2D eigenvalue weighted by molar-refractivity contribution is -0.120. The van der Waals surface area contributed by atoms with Gasteiger partial charge in [-0.25, -0.2) is 0 Å². The van der Waals surface area contributed by atoms with Gasteiger partial charge in [0.05, 0.1) is 12.6 Å². The van der Waals surface area contributed by atoms with Crippen molar-refractivity contribution >= 4 is 22.4 Å². The molecule has 0 aromatic heterocycles. The van der Waals surface area contributed by atoms with E-state index in [0.717, 1.165) is 17.7 Å². The summed E-state index contributed by atoms with van der Waals surface area (Å²) in [7, 11) is 0. The number of anilines is 1. The maximum atomic E-state index is 12.2. The smallest absolute Gasteiger partial charge is 0.239 e. The standard InChI is InChI=1S/C21H22N2O/c1-2-20(17-9-4-3-5-10-17)23-21(24)15-22-19-13-12-16-8-6-7-11-18(16)14-19/h3-14,20,22H,2,15H2,1H3,(H,23,24). The Morgan fingerprint density at radius 2 is 1.62 bits per heavy atom. The number of hydrogen-bond donors (Lipinski definition) is 2. The average Bonchev–Trinajstić information content (AvgIpc) is 2.65. The second kappa shape index (κ2) is 7.64. The molecule has 3 nitrogen and oxygen atoms in total. The van der Waals surface area contributed by atoms with Crippen molar-refractivity contribution in [3.63, 3.8) is 0 Å². The Balaban J connectivity index is 1.60. The van der Waals surface area contributed by atoms with Crippen LogP contribution in [0, 0.1) is 0 Å². The molecule has 3 heteroatoms. The van der Waals surface area contributed by atoms with E-state index in [0.29, 0.717) is 0 Å². The number of nitrogens with one attached hydrogen (secondary N) is 2. The molecule has 1 unspecified atom stereocenters. The first-order valence-electron chi connectivity index (χ1n) is 8.33. The van der Waals surface area contributed by atoms with Crippen molar-refractivity contribution in [1.82, 2.24) is 5.32 Å². The predicted molar refractivity (Wildman–Crippen MR) is 100 cm³/mol. The monoisotopic (exact) mass is 318 g/mol. The normalized spacial score (nSPS) is 11.9. The molecule has 24 heavy (non-hydrogen) atoms. The van der Waals surface area contributed by atoms with Crippen molar-refractivity contribution in [3.8, 4) is 0 Å². The highest BCUT2D eigenvalue weighted by molar-refractivity contribution is 5.87. The Kier molecular flexibility index (Phi) is 5.12. The Morgan fingerprint density at radius 1 is 0.917 bits per heavy atom. The maximum absolute atomic E-state index is 12.2. The number of carbonyl (C=O) groups is 1. The molecular weight excluding hydrogens is 296 g/mol. The lowest BCUT2D eigenvalue weighted by Gasteiger charge is -2.18. The van der Waals surface area contributed by atoms with Crippen LogP contribution in [0.3, 0.4) is 0 Å². The van der Waals surface area contributed by atoms with E-state index in [4.69, 9.17) is 0 Å². The second-order valence-corrected chi connectivity index (χ2v) is 5.85. The molecule has 122 valence electrons. The molecule has 0 aliphatic carbocycles. The Hall–Kier alpha value is -2.81. The highest BCUT2D eigenvalue weighted by atomic mass is 16.1. The maximum Gasteiger partial charge on any atom is 0.239 e. The van der Waals surface area contributed by atoms with E-state index in [2.05, 4.69) is 41.8 Å². The van der Waals surface area contributed by atoms with Gasteiger partial charge in [-0.15, -0.1) is 0 Å². The SMILES string of the molecule is CCC(NC(=O)CNc1ccc2ccccc2c1)c1ccccc1. The molecule has 0 bridgehead atoms. The average molecular weight is 318 g/mol. The van der Waals surface area contributed by atoms with Gasteiger partial charge in [0.1, 0.15) is 0 Å². The summed E-state index contributed by atoms with van der Waals surface area (Å²) in [4.78, 5) is 12.2. The molecule has 3 rings (SSSR count). The lowest BCUT2D eigenvalue weighted by Crippen LogP contribution is -2.33. The Labute approximate surface area is 142 Å². The van der Waals surface area contributed by atoms with Gasteiger partial charge in [-0.2, -0.15) is 0 Å². The molecule has 0 aliphatic heterocycles. The summed E-state index contributed by atoms with van der Waals surface area (Å²) in [5.41, 5.74) is 2.09. The summed E-state index contributed by atoms with van der Waals surface area (Å²) < 4.78 is 0. The molecule has 0 aliphatic rings. The third kappa shape index (κ3) is 3.93. The molecule has 3 aromatic carbocycles. The van der Waals surface area contributed by atoms with E-state index < -0.39 is 0 Å². The van der Waals surface area contributed by atoms with E-state index in [1.165, 1.54) is 10.8 Å². The number of amides is 1. The fourth-order valence-corrected chi connectivity index (χ4v) is 2.83. The first-order valence-corrected chi connectivity index (χ1v) is 8.33. The summed E-state index contributed by atoms with van der Waals surface area (Å²) in [6.07, 6.45) is 0.867. The van der Waals surface area contributed by atoms with E-state index in [1.807, 2.05) is 48.5 Å². The van der Waals surface area contributed by atoms with E-state index in [1.54, 1.807) is 0 Å². The number of carbonyl (C=O) groups excluding carboxylic acids is 1. The van der Waals surface area contributed by atoms with Crippen LogP contribution < -0.4 is 10.6 Å². The van der Waals surface area contributed by atoms with Gasteiger partial charge in [-0.1, -0.05) is 67.6 Å².